The number of rotatable bonds is 21. The van der Waals surface area contributed by atoms with Crippen molar-refractivity contribution in [3.05, 3.63) is 24.3 Å². The van der Waals surface area contributed by atoms with E-state index >= 15 is 0 Å². The molecule has 0 heterocycles. The summed E-state index contributed by atoms with van der Waals surface area (Å²) < 4.78 is 48.1. The van der Waals surface area contributed by atoms with E-state index in [4.69, 9.17) is 28.5 Å². The van der Waals surface area contributed by atoms with Gasteiger partial charge in [-0.15, -0.1) is 0 Å². The number of aliphatic hydroxyl groups excluding tert-OH is 1. The molecule has 0 saturated carbocycles. The molecule has 0 aliphatic carbocycles. The molecule has 0 aromatic heterocycles. The van der Waals surface area contributed by atoms with Crippen molar-refractivity contribution in [3.8, 4) is 0 Å². The molecule has 5 unspecified atom stereocenters. The van der Waals surface area contributed by atoms with Crippen molar-refractivity contribution in [2.75, 3.05) is 19.8 Å². The summed E-state index contributed by atoms with van der Waals surface area (Å²) in [6, 6.07) is 0. The Morgan fingerprint density at radius 3 is 1.79 bits per heavy atom. The lowest BCUT2D eigenvalue weighted by molar-refractivity contribution is -0.143. The number of carbonyl (C=O) groups excluding carboxylic acids is 2. The summed E-state index contributed by atoms with van der Waals surface area (Å²) in [5.41, 5.74) is 0.240. The number of aliphatic hydroxyl groups is 1. The van der Waals surface area contributed by atoms with Crippen molar-refractivity contribution in [2.24, 2.45) is 5.92 Å². The molecule has 0 bridgehead atoms. The highest BCUT2D eigenvalue weighted by atomic mass is 31.3. The molecule has 222 valence electrons. The zero-order valence-electron chi connectivity index (χ0n) is 22.4. The summed E-state index contributed by atoms with van der Waals surface area (Å²) in [5.74, 6) is -1.29. The molecule has 0 aromatic rings. The molecule has 5 atom stereocenters. The minimum Gasteiger partial charge on any atom is -0.462 e. The Labute approximate surface area is 224 Å². The van der Waals surface area contributed by atoms with Gasteiger partial charge in [0.05, 0.1) is 19.3 Å². The number of hydrogen-bond donors (Lipinski definition) is 4. The van der Waals surface area contributed by atoms with Crippen LogP contribution in [0.25, 0.3) is 0 Å². The van der Waals surface area contributed by atoms with Gasteiger partial charge in [0.15, 0.2) is 0 Å². The monoisotopic (exact) mass is 588 g/mol. The van der Waals surface area contributed by atoms with Crippen LogP contribution >= 0.6 is 15.6 Å². The lowest BCUT2D eigenvalue weighted by atomic mass is 9.99. The van der Waals surface area contributed by atoms with E-state index in [0.717, 1.165) is 25.7 Å². The summed E-state index contributed by atoms with van der Waals surface area (Å²) in [4.78, 5) is 51.2. The molecule has 0 rings (SSSR count). The summed E-state index contributed by atoms with van der Waals surface area (Å²) >= 11 is 0. The highest BCUT2D eigenvalue weighted by molar-refractivity contribution is 7.60. The maximum absolute atomic E-state index is 12.2. The predicted octanol–water partition coefficient (Wildman–Crippen LogP) is 3.56. The SMILES string of the molecule is C=C(C)C(=O)OCCC(OCC(CC)CCCC)C(O)C(CCOC(=O)C(=C)C)OP(=O)(O)OP(=O)(O)O. The van der Waals surface area contributed by atoms with Crippen LogP contribution in [-0.2, 0) is 41.8 Å². The summed E-state index contributed by atoms with van der Waals surface area (Å²) in [6.07, 6.45) is -1.31. The molecule has 0 aliphatic heterocycles. The van der Waals surface area contributed by atoms with E-state index in [2.05, 4.69) is 17.5 Å². The number of carbonyl (C=O) groups is 2. The molecule has 0 spiro atoms. The van der Waals surface area contributed by atoms with Gasteiger partial charge in [-0.05, 0) is 26.2 Å². The second-order valence-corrected chi connectivity index (χ2v) is 11.7. The van der Waals surface area contributed by atoms with Gasteiger partial charge >= 0.3 is 27.6 Å². The fourth-order valence-corrected chi connectivity index (χ4v) is 4.94. The van der Waals surface area contributed by atoms with E-state index in [1.165, 1.54) is 13.8 Å². The van der Waals surface area contributed by atoms with Gasteiger partial charge in [-0.2, -0.15) is 4.31 Å². The van der Waals surface area contributed by atoms with E-state index in [1.54, 1.807) is 0 Å². The Kier molecular flexibility index (Phi) is 17.4. The van der Waals surface area contributed by atoms with E-state index in [0.29, 0.717) is 0 Å². The lowest BCUT2D eigenvalue weighted by Crippen LogP contribution is -2.42. The van der Waals surface area contributed by atoms with Gasteiger partial charge in [-0.3, -0.25) is 4.52 Å². The number of esters is 2. The minimum atomic E-state index is -5.44. The van der Waals surface area contributed by atoms with Gasteiger partial charge in [0.2, 0.25) is 0 Å². The van der Waals surface area contributed by atoms with Crippen LogP contribution in [0.5, 0.6) is 0 Å². The van der Waals surface area contributed by atoms with E-state index < -0.39 is 52.5 Å². The van der Waals surface area contributed by atoms with Crippen LogP contribution in [0, 0.1) is 5.92 Å². The first-order chi connectivity index (χ1) is 17.5. The van der Waals surface area contributed by atoms with Crippen LogP contribution in [0.15, 0.2) is 24.3 Å². The van der Waals surface area contributed by atoms with Gasteiger partial charge in [0.25, 0.3) is 0 Å². The molecule has 0 amide bonds. The van der Waals surface area contributed by atoms with Crippen molar-refractivity contribution in [1.82, 2.24) is 0 Å². The van der Waals surface area contributed by atoms with Crippen molar-refractivity contribution in [1.29, 1.82) is 0 Å². The van der Waals surface area contributed by atoms with E-state index in [1.807, 2.05) is 13.8 Å². The van der Waals surface area contributed by atoms with Gasteiger partial charge < -0.3 is 34.0 Å². The van der Waals surface area contributed by atoms with Crippen LogP contribution in [-0.4, -0.2) is 69.9 Å². The van der Waals surface area contributed by atoms with Crippen molar-refractivity contribution in [3.63, 3.8) is 0 Å². The smallest absolute Gasteiger partial charge is 0.462 e. The number of ether oxygens (including phenoxy) is 3. The molecular weight excluding hydrogens is 546 g/mol. The maximum atomic E-state index is 12.2. The normalized spacial score (nSPS) is 16.5. The Hall–Kier alpha value is -1.40. The summed E-state index contributed by atoms with van der Waals surface area (Å²) in [5, 5.41) is 11.1. The topological polar surface area (TPSA) is 195 Å². The van der Waals surface area contributed by atoms with Gasteiger partial charge in [-0.1, -0.05) is 46.3 Å². The second kappa shape index (κ2) is 18.0. The third kappa shape index (κ3) is 16.5. The first-order valence-corrected chi connectivity index (χ1v) is 15.3. The van der Waals surface area contributed by atoms with Gasteiger partial charge in [-0.25, -0.2) is 18.7 Å². The summed E-state index contributed by atoms with van der Waals surface area (Å²) in [7, 11) is -10.8. The number of phosphoric ester groups is 1. The average molecular weight is 589 g/mol. The summed E-state index contributed by atoms with van der Waals surface area (Å²) in [6.45, 7) is 13.4. The van der Waals surface area contributed by atoms with E-state index in [-0.39, 0.29) is 43.1 Å². The molecule has 0 radical (unpaired) electrons. The fourth-order valence-electron chi connectivity index (χ4n) is 3.14. The molecule has 13 nitrogen and oxygen atoms in total. The molecule has 38 heavy (non-hydrogen) atoms. The second-order valence-electron chi connectivity index (χ2n) is 8.87. The van der Waals surface area contributed by atoms with Crippen LogP contribution in [0.3, 0.4) is 0 Å². The quantitative estimate of drug-likeness (QED) is 0.0864. The van der Waals surface area contributed by atoms with Crippen LogP contribution in [0.1, 0.15) is 66.2 Å². The first kappa shape index (κ1) is 36.6. The van der Waals surface area contributed by atoms with Crippen molar-refractivity contribution >= 4 is 27.6 Å². The molecule has 0 aliphatic rings. The maximum Gasteiger partial charge on any atom is 0.481 e. The van der Waals surface area contributed by atoms with Crippen LogP contribution < -0.4 is 0 Å². The average Bonchev–Trinajstić information content (AvgIpc) is 2.79. The minimum absolute atomic E-state index is 0.0646. The highest BCUT2D eigenvalue weighted by Crippen LogP contribution is 2.58. The largest absolute Gasteiger partial charge is 0.481 e. The zero-order valence-corrected chi connectivity index (χ0v) is 24.2. The first-order valence-electron chi connectivity index (χ1n) is 12.3. The third-order valence-corrected chi connectivity index (χ3v) is 7.51. The Morgan fingerprint density at radius 1 is 0.868 bits per heavy atom. The molecule has 15 heteroatoms. The molecule has 0 saturated heterocycles. The molecule has 0 fully saturated rings. The van der Waals surface area contributed by atoms with Crippen LogP contribution in [0.2, 0.25) is 0 Å². The van der Waals surface area contributed by atoms with E-state index in [9.17, 15) is 28.7 Å². The number of unbranched alkanes of at least 4 members (excludes halogenated alkanes) is 1. The molecular formula is C23H42O13P2. The van der Waals surface area contributed by atoms with Crippen molar-refractivity contribution < 1.29 is 61.6 Å². The molecule has 0 aromatic carbocycles. The Morgan fingerprint density at radius 2 is 1.37 bits per heavy atom. The molecule has 4 N–H and O–H groups in total. The standard InChI is InChI=1S/C23H42O13P2/c1-7-9-10-18(8-2)15-34-19(11-13-32-22(25)16(3)4)21(24)20(12-14-33-23(26)17(5)6)35-38(30,31)36-37(27,28)29/h18-21,24H,3,5,7-15H2,1-2,4,6H3,(H,30,31)(H2,27,28,29). The highest BCUT2D eigenvalue weighted by Gasteiger charge is 2.40. The Bertz CT molecular complexity index is 869. The fraction of sp³-hybridized carbons (Fsp3) is 0.739. The number of phosphoric acid groups is 2. The predicted molar refractivity (Wildman–Crippen MR) is 138 cm³/mol. The van der Waals surface area contributed by atoms with Crippen molar-refractivity contribution in [2.45, 2.75) is 84.5 Å². The van der Waals surface area contributed by atoms with Crippen LogP contribution in [0.4, 0.5) is 0 Å². The van der Waals surface area contributed by atoms with Gasteiger partial charge in [0.1, 0.15) is 12.2 Å². The lowest BCUT2D eigenvalue weighted by Gasteiger charge is -2.31. The van der Waals surface area contributed by atoms with Gasteiger partial charge in [0, 0.05) is 30.6 Å². The third-order valence-electron chi connectivity index (χ3n) is 5.30. The zero-order chi connectivity index (χ0) is 29.5. The Balaban J connectivity index is 5.82. The number of hydrogen-bond acceptors (Lipinski definition) is 10.